The molecule has 0 unspecified atom stereocenters. The number of ether oxygens (including phenoxy) is 1. The van der Waals surface area contributed by atoms with E-state index < -0.39 is 11.5 Å². The topological polar surface area (TPSA) is 86.8 Å². The number of hydrogen-bond donors (Lipinski definition) is 0. The van der Waals surface area contributed by atoms with Crippen LogP contribution in [-0.4, -0.2) is 28.6 Å². The highest BCUT2D eigenvalue weighted by atomic mass is 16.7. The van der Waals surface area contributed by atoms with Gasteiger partial charge in [0.15, 0.2) is 11.6 Å². The summed E-state index contributed by atoms with van der Waals surface area (Å²) in [5.41, 5.74) is 4.78. The molecule has 29 heavy (non-hydrogen) atoms. The molecule has 4 rings (SSSR count). The van der Waals surface area contributed by atoms with E-state index in [1.54, 1.807) is 6.92 Å². The summed E-state index contributed by atoms with van der Waals surface area (Å²) in [6.07, 6.45) is 1.26. The molecule has 1 aliphatic carbocycles. The summed E-state index contributed by atoms with van der Waals surface area (Å²) in [6, 6.07) is 4.18. The summed E-state index contributed by atoms with van der Waals surface area (Å²) in [5, 5.41) is 12.7. The second kappa shape index (κ2) is 6.68. The van der Waals surface area contributed by atoms with Crippen molar-refractivity contribution in [2.24, 2.45) is 16.5 Å². The van der Waals surface area contributed by atoms with Crippen LogP contribution in [0.3, 0.4) is 0 Å². The number of fused-ring (bicyclic) bond motifs is 2. The zero-order valence-corrected chi connectivity index (χ0v) is 17.8. The van der Waals surface area contributed by atoms with Gasteiger partial charge in [0.05, 0.1) is 6.61 Å². The van der Waals surface area contributed by atoms with E-state index in [4.69, 9.17) is 14.2 Å². The lowest BCUT2D eigenvalue weighted by molar-refractivity contribution is -0.160. The molecule has 0 N–H and O–H groups in total. The summed E-state index contributed by atoms with van der Waals surface area (Å²) in [5.74, 6) is -1.11. The van der Waals surface area contributed by atoms with Gasteiger partial charge in [-0.1, -0.05) is 47.0 Å². The Balaban J connectivity index is 1.91. The van der Waals surface area contributed by atoms with E-state index in [9.17, 15) is 4.79 Å². The van der Waals surface area contributed by atoms with E-state index in [-0.39, 0.29) is 18.0 Å². The molecule has 0 saturated carbocycles. The number of aromatic nitrogens is 2. The van der Waals surface area contributed by atoms with Gasteiger partial charge in [-0.05, 0) is 44.2 Å². The number of carbonyl (C=O) groups excluding carboxylic acids is 1. The first-order valence-corrected chi connectivity index (χ1v) is 10.0. The molecule has 7 heteroatoms. The highest BCUT2D eigenvalue weighted by Crippen LogP contribution is 2.53. The molecule has 0 saturated heterocycles. The van der Waals surface area contributed by atoms with Gasteiger partial charge in [0.1, 0.15) is 11.4 Å². The lowest BCUT2D eigenvalue weighted by atomic mass is 9.64. The molecule has 2 heterocycles. The van der Waals surface area contributed by atoms with Crippen molar-refractivity contribution in [3.63, 3.8) is 0 Å². The molecular weight excluding hydrogens is 370 g/mol. The first-order chi connectivity index (χ1) is 13.7. The Labute approximate surface area is 170 Å². The number of nitrogens with zero attached hydrogens (tertiary/aromatic N) is 3. The molecule has 2 aromatic rings. The van der Waals surface area contributed by atoms with Crippen LogP contribution in [0.1, 0.15) is 60.8 Å². The second-order valence-corrected chi connectivity index (χ2v) is 8.99. The number of rotatable bonds is 3. The Morgan fingerprint density at radius 1 is 1.21 bits per heavy atom. The van der Waals surface area contributed by atoms with Crippen LogP contribution in [0, 0.1) is 32.1 Å². The second-order valence-electron chi connectivity index (χ2n) is 8.99. The van der Waals surface area contributed by atoms with Crippen LogP contribution in [0.5, 0.6) is 0 Å². The highest BCUT2D eigenvalue weighted by Gasteiger charge is 2.62. The van der Waals surface area contributed by atoms with Crippen molar-refractivity contribution in [3.8, 4) is 0 Å². The lowest BCUT2D eigenvalue weighted by Gasteiger charge is -2.40. The molecule has 1 aromatic carbocycles. The van der Waals surface area contributed by atoms with E-state index in [1.807, 2.05) is 13.8 Å². The number of carbonyl (C=O) groups is 1. The van der Waals surface area contributed by atoms with Crippen molar-refractivity contribution < 1.29 is 19.0 Å². The lowest BCUT2D eigenvalue weighted by Crippen LogP contribution is -2.49. The van der Waals surface area contributed by atoms with Gasteiger partial charge in [-0.3, -0.25) is 4.79 Å². The highest BCUT2D eigenvalue weighted by molar-refractivity contribution is 6.15. The summed E-state index contributed by atoms with van der Waals surface area (Å²) < 4.78 is 10.5. The van der Waals surface area contributed by atoms with Crippen LogP contribution >= 0.6 is 0 Å². The maximum absolute atomic E-state index is 13.3. The number of benzene rings is 1. The predicted molar refractivity (Wildman–Crippen MR) is 106 cm³/mol. The Hall–Kier alpha value is -2.70. The minimum absolute atomic E-state index is 0.168. The van der Waals surface area contributed by atoms with Crippen LogP contribution in [0.25, 0.3) is 0 Å². The van der Waals surface area contributed by atoms with Crippen molar-refractivity contribution in [1.29, 1.82) is 0 Å². The fourth-order valence-corrected chi connectivity index (χ4v) is 5.03. The molecule has 2 aliphatic rings. The molecule has 2 atom stereocenters. The molecule has 7 nitrogen and oxygen atoms in total. The van der Waals surface area contributed by atoms with Gasteiger partial charge in [0, 0.05) is 18.4 Å². The van der Waals surface area contributed by atoms with Crippen molar-refractivity contribution in [1.82, 2.24) is 10.3 Å². The first kappa shape index (κ1) is 19.6. The molecule has 1 aliphatic heterocycles. The SMILES string of the molecule is CCOC(=O)[C@H]1C(c2c(C)cc(C)cc2C)=NO[C@@]12CC(C)(C)Cc1nonc12. The van der Waals surface area contributed by atoms with Gasteiger partial charge < -0.3 is 9.57 Å². The third-order valence-corrected chi connectivity index (χ3v) is 5.85. The molecule has 154 valence electrons. The molecule has 0 bridgehead atoms. The molecule has 0 amide bonds. The molecule has 1 aromatic heterocycles. The van der Waals surface area contributed by atoms with Gasteiger partial charge in [-0.25, -0.2) is 4.63 Å². The Morgan fingerprint density at radius 2 is 1.90 bits per heavy atom. The van der Waals surface area contributed by atoms with Gasteiger partial charge >= 0.3 is 5.97 Å². The van der Waals surface area contributed by atoms with E-state index in [0.29, 0.717) is 29.9 Å². The van der Waals surface area contributed by atoms with E-state index >= 15 is 0 Å². The standard InChI is InChI=1S/C22H27N3O4/c1-7-27-20(26)17-18(16-13(3)8-12(2)9-14(16)4)24-28-22(17)11-21(5,6)10-15-19(22)25-29-23-15/h8-9,17H,7,10-11H2,1-6H3/t17-,22+/m1/s1. The predicted octanol–water partition coefficient (Wildman–Crippen LogP) is 3.78. The van der Waals surface area contributed by atoms with Gasteiger partial charge in [-0.2, -0.15) is 0 Å². The van der Waals surface area contributed by atoms with Crippen LogP contribution in [0.15, 0.2) is 21.9 Å². The van der Waals surface area contributed by atoms with Gasteiger partial charge in [-0.15, -0.1) is 0 Å². The van der Waals surface area contributed by atoms with Crippen molar-refractivity contribution >= 4 is 11.7 Å². The van der Waals surface area contributed by atoms with Crippen molar-refractivity contribution in [2.75, 3.05) is 6.61 Å². The fourth-order valence-electron chi connectivity index (χ4n) is 5.03. The summed E-state index contributed by atoms with van der Waals surface area (Å²) in [7, 11) is 0. The number of oxime groups is 1. The Kier molecular flexibility index (Phi) is 4.52. The molecular formula is C22H27N3O4. The Bertz CT molecular complexity index is 984. The summed E-state index contributed by atoms with van der Waals surface area (Å²) in [6.45, 7) is 12.4. The van der Waals surface area contributed by atoms with E-state index in [1.165, 1.54) is 0 Å². The van der Waals surface area contributed by atoms with Crippen LogP contribution in [-0.2, 0) is 26.4 Å². The minimum Gasteiger partial charge on any atom is -0.465 e. The monoisotopic (exact) mass is 397 g/mol. The smallest absolute Gasteiger partial charge is 0.319 e. The van der Waals surface area contributed by atoms with Crippen molar-refractivity contribution in [3.05, 3.63) is 45.8 Å². The fraction of sp³-hybridized carbons (Fsp3) is 0.545. The third kappa shape index (κ3) is 3.03. The van der Waals surface area contributed by atoms with Crippen LogP contribution in [0.2, 0.25) is 0 Å². The molecule has 0 fully saturated rings. The number of hydrogen-bond acceptors (Lipinski definition) is 7. The van der Waals surface area contributed by atoms with Crippen molar-refractivity contribution in [2.45, 2.75) is 60.0 Å². The van der Waals surface area contributed by atoms with Crippen LogP contribution < -0.4 is 0 Å². The quantitative estimate of drug-likeness (QED) is 0.733. The molecule has 0 radical (unpaired) electrons. The average Bonchev–Trinajstić information content (AvgIpc) is 3.19. The number of aryl methyl sites for hydroxylation is 3. The Morgan fingerprint density at radius 3 is 2.55 bits per heavy atom. The largest absolute Gasteiger partial charge is 0.465 e. The maximum atomic E-state index is 13.3. The van der Waals surface area contributed by atoms with Crippen LogP contribution in [0.4, 0.5) is 0 Å². The molecule has 1 spiro atoms. The van der Waals surface area contributed by atoms with Gasteiger partial charge in [0.2, 0.25) is 5.60 Å². The van der Waals surface area contributed by atoms with E-state index in [2.05, 4.69) is 48.4 Å². The third-order valence-electron chi connectivity index (χ3n) is 5.85. The summed E-state index contributed by atoms with van der Waals surface area (Å²) in [4.78, 5) is 19.4. The zero-order valence-electron chi connectivity index (χ0n) is 17.8. The summed E-state index contributed by atoms with van der Waals surface area (Å²) >= 11 is 0. The van der Waals surface area contributed by atoms with Gasteiger partial charge in [0.25, 0.3) is 0 Å². The number of esters is 1. The maximum Gasteiger partial charge on any atom is 0.319 e. The average molecular weight is 397 g/mol. The normalized spacial score (nSPS) is 24.8. The van der Waals surface area contributed by atoms with E-state index in [0.717, 1.165) is 22.3 Å². The minimum atomic E-state index is -1.08. The first-order valence-electron chi connectivity index (χ1n) is 10.0. The zero-order chi connectivity index (χ0) is 21.0.